The number of aromatic nitrogens is 2. The van der Waals surface area contributed by atoms with Gasteiger partial charge in [-0.2, -0.15) is 0 Å². The smallest absolute Gasteiger partial charge is 0.224 e. The van der Waals surface area contributed by atoms with Crippen LogP contribution in [-0.2, 0) is 11.2 Å². The van der Waals surface area contributed by atoms with Crippen molar-refractivity contribution in [2.75, 3.05) is 12.4 Å². The number of carbonyl (C=O) groups excluding carboxylic acids is 1. The Morgan fingerprint density at radius 2 is 2.00 bits per heavy atom. The molecule has 0 atom stereocenters. The molecular formula is C18H19N3O2. The summed E-state index contributed by atoms with van der Waals surface area (Å²) in [5.74, 6) is 1.68. The lowest BCUT2D eigenvalue weighted by Gasteiger charge is -2.06. The molecule has 118 valence electrons. The van der Waals surface area contributed by atoms with E-state index in [2.05, 4.69) is 15.3 Å². The molecule has 1 heterocycles. The number of benzene rings is 2. The van der Waals surface area contributed by atoms with Gasteiger partial charge in [0.05, 0.1) is 18.1 Å². The highest BCUT2D eigenvalue weighted by molar-refractivity contribution is 5.93. The van der Waals surface area contributed by atoms with Crippen molar-refractivity contribution >= 4 is 22.6 Å². The van der Waals surface area contributed by atoms with Crippen molar-refractivity contribution in [3.8, 4) is 5.75 Å². The van der Waals surface area contributed by atoms with E-state index in [1.165, 1.54) is 0 Å². The molecular weight excluding hydrogens is 290 g/mol. The van der Waals surface area contributed by atoms with Crippen LogP contribution in [0.2, 0.25) is 0 Å². The molecule has 2 N–H and O–H groups in total. The topological polar surface area (TPSA) is 67.0 Å². The van der Waals surface area contributed by atoms with Crippen molar-refractivity contribution in [2.24, 2.45) is 0 Å². The Labute approximate surface area is 134 Å². The van der Waals surface area contributed by atoms with E-state index in [1.54, 1.807) is 7.11 Å². The number of nitrogens with one attached hydrogen (secondary N) is 2. The minimum absolute atomic E-state index is 0.00333. The van der Waals surface area contributed by atoms with E-state index < -0.39 is 0 Å². The number of amides is 1. The molecule has 1 amide bonds. The average molecular weight is 309 g/mol. The van der Waals surface area contributed by atoms with Crippen LogP contribution < -0.4 is 10.1 Å². The van der Waals surface area contributed by atoms with Gasteiger partial charge < -0.3 is 15.0 Å². The normalized spacial score (nSPS) is 10.7. The molecule has 0 unspecified atom stereocenters. The number of hydrogen-bond donors (Lipinski definition) is 2. The van der Waals surface area contributed by atoms with Crippen molar-refractivity contribution < 1.29 is 9.53 Å². The lowest BCUT2D eigenvalue weighted by atomic mass is 10.1. The van der Waals surface area contributed by atoms with Crippen LogP contribution in [0, 0.1) is 6.92 Å². The molecule has 0 aliphatic heterocycles. The van der Waals surface area contributed by atoms with E-state index in [4.69, 9.17) is 4.74 Å². The Morgan fingerprint density at radius 1 is 1.22 bits per heavy atom. The molecule has 0 bridgehead atoms. The fraction of sp³-hybridized carbons (Fsp3) is 0.222. The maximum absolute atomic E-state index is 12.1. The van der Waals surface area contributed by atoms with Crippen molar-refractivity contribution in [3.63, 3.8) is 0 Å². The summed E-state index contributed by atoms with van der Waals surface area (Å²) < 4.78 is 5.12. The van der Waals surface area contributed by atoms with Gasteiger partial charge in [-0.1, -0.05) is 12.1 Å². The summed E-state index contributed by atoms with van der Waals surface area (Å²) in [7, 11) is 1.64. The molecule has 3 aromatic rings. The molecule has 0 fully saturated rings. The Kier molecular flexibility index (Phi) is 4.28. The number of H-pyrrole nitrogens is 1. The SMILES string of the molecule is COc1ccc(CCC(=O)Nc2ccc3nc(C)[nH]c3c2)cc1. The van der Waals surface area contributed by atoms with Crippen molar-refractivity contribution in [1.29, 1.82) is 0 Å². The minimum atomic E-state index is -0.00333. The molecule has 5 nitrogen and oxygen atoms in total. The zero-order chi connectivity index (χ0) is 16.2. The molecule has 0 radical (unpaired) electrons. The van der Waals surface area contributed by atoms with Crippen LogP contribution >= 0.6 is 0 Å². The molecule has 0 saturated carbocycles. The number of carbonyl (C=O) groups is 1. The van der Waals surface area contributed by atoms with Gasteiger partial charge in [0.2, 0.25) is 5.91 Å². The summed E-state index contributed by atoms with van der Waals surface area (Å²) in [5, 5.41) is 2.92. The van der Waals surface area contributed by atoms with Gasteiger partial charge in [0.25, 0.3) is 0 Å². The van der Waals surface area contributed by atoms with Gasteiger partial charge in [0.1, 0.15) is 11.6 Å². The number of nitrogens with zero attached hydrogens (tertiary/aromatic N) is 1. The summed E-state index contributed by atoms with van der Waals surface area (Å²) in [6.45, 7) is 1.91. The number of ether oxygens (including phenoxy) is 1. The van der Waals surface area contributed by atoms with E-state index in [9.17, 15) is 4.79 Å². The summed E-state index contributed by atoms with van der Waals surface area (Å²) in [5.41, 5.74) is 3.72. The van der Waals surface area contributed by atoms with E-state index in [0.717, 1.165) is 33.9 Å². The third-order valence-electron chi connectivity index (χ3n) is 3.68. The number of fused-ring (bicyclic) bond motifs is 1. The highest BCUT2D eigenvalue weighted by atomic mass is 16.5. The van der Waals surface area contributed by atoms with Crippen LogP contribution in [0.3, 0.4) is 0 Å². The number of rotatable bonds is 5. The second-order valence-electron chi connectivity index (χ2n) is 5.45. The van der Waals surface area contributed by atoms with Gasteiger partial charge in [-0.25, -0.2) is 4.98 Å². The summed E-state index contributed by atoms with van der Waals surface area (Å²) >= 11 is 0. The molecule has 0 saturated heterocycles. The number of aryl methyl sites for hydroxylation is 2. The fourth-order valence-corrected chi connectivity index (χ4v) is 2.49. The predicted molar refractivity (Wildman–Crippen MR) is 90.8 cm³/mol. The maximum Gasteiger partial charge on any atom is 0.224 e. The number of imidazole rings is 1. The largest absolute Gasteiger partial charge is 0.497 e. The Balaban J connectivity index is 1.59. The first-order chi connectivity index (χ1) is 11.1. The fourth-order valence-electron chi connectivity index (χ4n) is 2.49. The Hall–Kier alpha value is -2.82. The Bertz CT molecular complexity index is 822. The van der Waals surface area contributed by atoms with Gasteiger partial charge in [-0.15, -0.1) is 0 Å². The van der Waals surface area contributed by atoms with Crippen LogP contribution in [-0.4, -0.2) is 23.0 Å². The van der Waals surface area contributed by atoms with Crippen LogP contribution in [0.5, 0.6) is 5.75 Å². The zero-order valence-corrected chi connectivity index (χ0v) is 13.2. The van der Waals surface area contributed by atoms with E-state index >= 15 is 0 Å². The van der Waals surface area contributed by atoms with Gasteiger partial charge >= 0.3 is 0 Å². The first-order valence-electron chi connectivity index (χ1n) is 7.53. The number of methoxy groups -OCH3 is 1. The second kappa shape index (κ2) is 6.52. The van der Waals surface area contributed by atoms with Gasteiger partial charge in [-0.3, -0.25) is 4.79 Å². The second-order valence-corrected chi connectivity index (χ2v) is 5.45. The molecule has 3 rings (SSSR count). The maximum atomic E-state index is 12.1. The van der Waals surface area contributed by atoms with Gasteiger partial charge in [0, 0.05) is 12.1 Å². The summed E-state index contributed by atoms with van der Waals surface area (Å²) in [6.07, 6.45) is 1.13. The quantitative estimate of drug-likeness (QED) is 0.758. The molecule has 23 heavy (non-hydrogen) atoms. The van der Waals surface area contributed by atoms with E-state index in [-0.39, 0.29) is 5.91 Å². The van der Waals surface area contributed by atoms with E-state index in [0.29, 0.717) is 12.8 Å². The lowest BCUT2D eigenvalue weighted by molar-refractivity contribution is -0.116. The molecule has 5 heteroatoms. The van der Waals surface area contributed by atoms with Gasteiger partial charge in [0.15, 0.2) is 0 Å². The van der Waals surface area contributed by atoms with Crippen molar-refractivity contribution in [2.45, 2.75) is 19.8 Å². The standard InChI is InChI=1S/C18H19N3O2/c1-12-19-16-9-6-14(11-17(16)20-12)21-18(22)10-5-13-3-7-15(23-2)8-4-13/h3-4,6-9,11H,5,10H2,1-2H3,(H,19,20)(H,21,22). The summed E-state index contributed by atoms with van der Waals surface area (Å²) in [4.78, 5) is 19.6. The third-order valence-corrected chi connectivity index (χ3v) is 3.68. The van der Waals surface area contributed by atoms with Crippen LogP contribution in [0.15, 0.2) is 42.5 Å². The molecule has 1 aromatic heterocycles. The monoisotopic (exact) mass is 309 g/mol. The van der Waals surface area contributed by atoms with Crippen LogP contribution in [0.4, 0.5) is 5.69 Å². The molecule has 0 aliphatic rings. The van der Waals surface area contributed by atoms with Crippen LogP contribution in [0.1, 0.15) is 17.8 Å². The molecule has 0 aliphatic carbocycles. The van der Waals surface area contributed by atoms with Gasteiger partial charge in [-0.05, 0) is 49.2 Å². The van der Waals surface area contributed by atoms with Crippen molar-refractivity contribution in [1.82, 2.24) is 9.97 Å². The first kappa shape index (κ1) is 15.1. The number of aromatic amines is 1. The van der Waals surface area contributed by atoms with Crippen LogP contribution in [0.25, 0.3) is 11.0 Å². The van der Waals surface area contributed by atoms with Crippen molar-refractivity contribution in [3.05, 3.63) is 53.9 Å². The third kappa shape index (κ3) is 3.69. The van der Waals surface area contributed by atoms with E-state index in [1.807, 2.05) is 49.4 Å². The molecule has 0 spiro atoms. The zero-order valence-electron chi connectivity index (χ0n) is 13.2. The lowest BCUT2D eigenvalue weighted by Crippen LogP contribution is -2.12. The highest BCUT2D eigenvalue weighted by Crippen LogP contribution is 2.18. The highest BCUT2D eigenvalue weighted by Gasteiger charge is 2.06. The average Bonchev–Trinajstić information content (AvgIpc) is 2.92. The Morgan fingerprint density at radius 3 is 2.74 bits per heavy atom. The predicted octanol–water partition coefficient (Wildman–Crippen LogP) is 3.45. The number of anilines is 1. The molecule has 2 aromatic carbocycles. The summed E-state index contributed by atoms with van der Waals surface area (Å²) in [6, 6.07) is 13.4. The minimum Gasteiger partial charge on any atom is -0.497 e. The number of hydrogen-bond acceptors (Lipinski definition) is 3. The first-order valence-corrected chi connectivity index (χ1v) is 7.53.